The summed E-state index contributed by atoms with van der Waals surface area (Å²) in [6, 6.07) is 13.5. The number of carbonyl (C=O) groups excluding carboxylic acids is 1. The quantitative estimate of drug-likeness (QED) is 0.664. The van der Waals surface area contributed by atoms with Crippen molar-refractivity contribution in [3.8, 4) is 11.5 Å². The van der Waals surface area contributed by atoms with E-state index in [1.54, 1.807) is 18.2 Å². The molecule has 1 heterocycles. The second kappa shape index (κ2) is 10.2. The lowest BCUT2D eigenvalue weighted by Crippen LogP contribution is -2.27. The summed E-state index contributed by atoms with van der Waals surface area (Å²) in [5, 5.41) is 6.11. The first kappa shape index (κ1) is 21.8. The highest BCUT2D eigenvalue weighted by Crippen LogP contribution is 2.28. The molecule has 2 N–H and O–H groups in total. The largest absolute Gasteiger partial charge is 0.480 e. The van der Waals surface area contributed by atoms with Crippen molar-refractivity contribution < 1.29 is 32.2 Å². The number of amides is 1. The molecule has 9 heteroatoms. The third kappa shape index (κ3) is 7.14. The van der Waals surface area contributed by atoms with Gasteiger partial charge in [-0.25, -0.2) is 0 Å². The van der Waals surface area contributed by atoms with Crippen LogP contribution < -0.4 is 20.1 Å². The van der Waals surface area contributed by atoms with E-state index < -0.39 is 18.7 Å². The number of hydrogen-bond acceptors (Lipinski definition) is 5. The summed E-state index contributed by atoms with van der Waals surface area (Å²) in [4.78, 5) is 12.1. The van der Waals surface area contributed by atoms with Gasteiger partial charge in [0, 0.05) is 30.6 Å². The van der Waals surface area contributed by atoms with Crippen LogP contribution in [0.4, 0.5) is 24.5 Å². The molecule has 0 atom stereocenters. The van der Waals surface area contributed by atoms with E-state index in [2.05, 4.69) is 10.6 Å². The number of anilines is 2. The molecule has 1 fully saturated rings. The van der Waals surface area contributed by atoms with Gasteiger partial charge in [0.2, 0.25) is 0 Å². The van der Waals surface area contributed by atoms with Gasteiger partial charge in [-0.1, -0.05) is 12.1 Å². The summed E-state index contributed by atoms with van der Waals surface area (Å²) in [5.41, 5.74) is 1.54. The van der Waals surface area contributed by atoms with Crippen molar-refractivity contribution in [2.45, 2.75) is 25.1 Å². The SMILES string of the molecule is O=C(COc1ccccc1OCC(F)(F)F)Nc1ccc(NC2CCOCC2)cc1. The second-order valence-corrected chi connectivity index (χ2v) is 6.80. The fraction of sp³-hybridized carbons (Fsp3) is 0.381. The van der Waals surface area contributed by atoms with Gasteiger partial charge >= 0.3 is 6.18 Å². The zero-order chi connectivity index (χ0) is 21.4. The van der Waals surface area contributed by atoms with E-state index in [1.165, 1.54) is 18.2 Å². The van der Waals surface area contributed by atoms with Crippen LogP contribution in [0, 0.1) is 0 Å². The summed E-state index contributed by atoms with van der Waals surface area (Å²) in [6.07, 6.45) is -2.57. The van der Waals surface area contributed by atoms with Gasteiger partial charge < -0.3 is 24.8 Å². The highest BCUT2D eigenvalue weighted by Gasteiger charge is 2.29. The van der Waals surface area contributed by atoms with Crippen LogP contribution in [0.5, 0.6) is 11.5 Å². The standard InChI is InChI=1S/C21H23F3N2O4/c22-21(23,24)14-30-19-4-2-1-3-18(19)29-13-20(27)26-16-7-5-15(6-8-16)25-17-9-11-28-12-10-17/h1-8,17,25H,9-14H2,(H,26,27). The Labute approximate surface area is 172 Å². The maximum absolute atomic E-state index is 12.3. The van der Waals surface area contributed by atoms with Crippen molar-refractivity contribution in [1.82, 2.24) is 0 Å². The van der Waals surface area contributed by atoms with E-state index >= 15 is 0 Å². The van der Waals surface area contributed by atoms with Crippen molar-refractivity contribution in [3.05, 3.63) is 48.5 Å². The van der Waals surface area contributed by atoms with Crippen LogP contribution in [0.2, 0.25) is 0 Å². The lowest BCUT2D eigenvalue weighted by Gasteiger charge is -2.24. The molecule has 162 valence electrons. The number of nitrogens with one attached hydrogen (secondary N) is 2. The Balaban J connectivity index is 1.48. The first-order valence-electron chi connectivity index (χ1n) is 9.55. The molecule has 6 nitrogen and oxygen atoms in total. The highest BCUT2D eigenvalue weighted by molar-refractivity contribution is 5.92. The van der Waals surface area contributed by atoms with Gasteiger partial charge in [0.05, 0.1) is 0 Å². The van der Waals surface area contributed by atoms with Gasteiger partial charge in [-0.05, 0) is 49.2 Å². The number of rotatable bonds is 8. The molecule has 30 heavy (non-hydrogen) atoms. The number of para-hydroxylation sites is 2. The number of alkyl halides is 3. The third-order valence-corrected chi connectivity index (χ3v) is 4.36. The van der Waals surface area contributed by atoms with E-state index in [1.807, 2.05) is 12.1 Å². The van der Waals surface area contributed by atoms with Crippen molar-refractivity contribution in [2.75, 3.05) is 37.1 Å². The predicted octanol–water partition coefficient (Wildman–Crippen LogP) is 4.24. The van der Waals surface area contributed by atoms with Crippen LogP contribution in [0.3, 0.4) is 0 Å². The second-order valence-electron chi connectivity index (χ2n) is 6.80. The van der Waals surface area contributed by atoms with Gasteiger partial charge in [-0.2, -0.15) is 13.2 Å². The minimum Gasteiger partial charge on any atom is -0.480 e. The summed E-state index contributed by atoms with van der Waals surface area (Å²) in [7, 11) is 0. The highest BCUT2D eigenvalue weighted by atomic mass is 19.4. The summed E-state index contributed by atoms with van der Waals surface area (Å²) >= 11 is 0. The molecule has 0 bridgehead atoms. The maximum Gasteiger partial charge on any atom is 0.422 e. The zero-order valence-corrected chi connectivity index (χ0v) is 16.2. The smallest absolute Gasteiger partial charge is 0.422 e. The van der Waals surface area contributed by atoms with Crippen LogP contribution in [0.15, 0.2) is 48.5 Å². The fourth-order valence-electron chi connectivity index (χ4n) is 2.92. The lowest BCUT2D eigenvalue weighted by molar-refractivity contribution is -0.153. The first-order chi connectivity index (χ1) is 14.4. The average Bonchev–Trinajstić information content (AvgIpc) is 2.73. The molecule has 0 aromatic heterocycles. The van der Waals surface area contributed by atoms with Crippen LogP contribution >= 0.6 is 0 Å². The Bertz CT molecular complexity index is 822. The molecule has 0 unspecified atom stereocenters. The maximum atomic E-state index is 12.3. The van der Waals surface area contributed by atoms with Gasteiger partial charge in [0.15, 0.2) is 24.7 Å². The molecule has 0 radical (unpaired) electrons. The average molecular weight is 424 g/mol. The summed E-state index contributed by atoms with van der Waals surface area (Å²) < 4.78 is 52.4. The van der Waals surface area contributed by atoms with Crippen LogP contribution in [0.1, 0.15) is 12.8 Å². The molecule has 3 rings (SSSR count). The molecular formula is C21H23F3N2O4. The monoisotopic (exact) mass is 424 g/mol. The molecule has 0 spiro atoms. The molecule has 0 saturated carbocycles. The molecule has 1 aliphatic rings. The normalized spacial score (nSPS) is 14.8. The number of ether oxygens (including phenoxy) is 3. The van der Waals surface area contributed by atoms with E-state index in [9.17, 15) is 18.0 Å². The predicted molar refractivity (Wildman–Crippen MR) is 106 cm³/mol. The van der Waals surface area contributed by atoms with E-state index in [0.717, 1.165) is 31.7 Å². The third-order valence-electron chi connectivity index (χ3n) is 4.36. The molecule has 2 aromatic carbocycles. The zero-order valence-electron chi connectivity index (χ0n) is 16.2. The number of hydrogen-bond donors (Lipinski definition) is 2. The van der Waals surface area contributed by atoms with Crippen molar-refractivity contribution in [3.63, 3.8) is 0 Å². The van der Waals surface area contributed by atoms with Crippen molar-refractivity contribution in [1.29, 1.82) is 0 Å². The van der Waals surface area contributed by atoms with E-state index in [-0.39, 0.29) is 18.1 Å². The topological polar surface area (TPSA) is 68.8 Å². The van der Waals surface area contributed by atoms with E-state index in [4.69, 9.17) is 14.2 Å². The van der Waals surface area contributed by atoms with Crippen LogP contribution in [-0.4, -0.2) is 44.6 Å². The van der Waals surface area contributed by atoms with Gasteiger partial charge in [0.25, 0.3) is 5.91 Å². The minimum atomic E-state index is -4.46. The Hall–Kier alpha value is -2.94. The Morgan fingerprint density at radius 1 is 0.967 bits per heavy atom. The Morgan fingerprint density at radius 3 is 2.20 bits per heavy atom. The van der Waals surface area contributed by atoms with Crippen LogP contribution in [-0.2, 0) is 9.53 Å². The molecule has 2 aromatic rings. The van der Waals surface area contributed by atoms with Crippen molar-refractivity contribution in [2.24, 2.45) is 0 Å². The van der Waals surface area contributed by atoms with Gasteiger partial charge in [-0.15, -0.1) is 0 Å². The number of halogens is 3. The molecule has 1 aliphatic heterocycles. The van der Waals surface area contributed by atoms with Gasteiger partial charge in [0.1, 0.15) is 0 Å². The molecular weight excluding hydrogens is 401 g/mol. The molecule has 1 amide bonds. The minimum absolute atomic E-state index is 0.0629. The van der Waals surface area contributed by atoms with Crippen LogP contribution in [0.25, 0.3) is 0 Å². The number of benzene rings is 2. The summed E-state index contributed by atoms with van der Waals surface area (Å²) in [5.74, 6) is -0.454. The molecule has 0 aliphatic carbocycles. The fourth-order valence-corrected chi connectivity index (χ4v) is 2.92. The summed E-state index contributed by atoms with van der Waals surface area (Å²) in [6.45, 7) is -0.311. The van der Waals surface area contributed by atoms with Crippen molar-refractivity contribution >= 4 is 17.3 Å². The Kier molecular flexibility index (Phi) is 7.40. The molecule has 1 saturated heterocycles. The number of carbonyl (C=O) groups is 1. The van der Waals surface area contributed by atoms with Gasteiger partial charge in [-0.3, -0.25) is 4.79 Å². The Morgan fingerprint density at radius 2 is 1.57 bits per heavy atom. The lowest BCUT2D eigenvalue weighted by atomic mass is 10.1. The first-order valence-corrected chi connectivity index (χ1v) is 9.55. The van der Waals surface area contributed by atoms with E-state index in [0.29, 0.717) is 11.7 Å².